The highest BCUT2D eigenvalue weighted by atomic mass is 127. The highest BCUT2D eigenvalue weighted by molar-refractivity contribution is 14.1. The van der Waals surface area contributed by atoms with Crippen molar-refractivity contribution in [1.29, 1.82) is 0 Å². The Balaban J connectivity index is 2.94. The fourth-order valence-corrected chi connectivity index (χ4v) is 3.85. The lowest BCUT2D eigenvalue weighted by atomic mass is 10.0. The maximum Gasteiger partial charge on any atom is 0.419 e. The molecule has 0 aliphatic heterocycles. The van der Waals surface area contributed by atoms with E-state index in [-0.39, 0.29) is 39.9 Å². The minimum Gasteiger partial charge on any atom is -0.250 e. The van der Waals surface area contributed by atoms with E-state index >= 15 is 0 Å². The Hall–Kier alpha value is 0.340. The van der Waals surface area contributed by atoms with E-state index in [9.17, 15) is 13.2 Å². The number of hydrogen-bond acceptors (Lipinski definition) is 1. The average Bonchev–Trinajstić information content (AvgIpc) is 2.42. The molecule has 0 amide bonds. The molecule has 0 unspecified atom stereocenters. The Kier molecular flexibility index (Phi) is 5.68. The normalized spacial score (nSPS) is 11.9. The molecule has 1 heterocycles. The van der Waals surface area contributed by atoms with E-state index in [0.717, 1.165) is 6.07 Å². The molecule has 0 aliphatic rings. The lowest BCUT2D eigenvalue weighted by molar-refractivity contribution is -0.138. The van der Waals surface area contributed by atoms with Crippen molar-refractivity contribution >= 4 is 80.6 Å². The van der Waals surface area contributed by atoms with Crippen molar-refractivity contribution < 1.29 is 13.2 Å². The largest absolute Gasteiger partial charge is 0.419 e. The van der Waals surface area contributed by atoms with Gasteiger partial charge in [-0.05, 0) is 28.7 Å². The smallest absolute Gasteiger partial charge is 0.250 e. The maximum atomic E-state index is 13.3. The van der Waals surface area contributed by atoms with E-state index in [1.165, 1.54) is 28.8 Å². The van der Waals surface area contributed by atoms with Crippen LogP contribution in [0.25, 0.3) is 11.1 Å². The monoisotopic (exact) mass is 519 g/mol. The fourth-order valence-electron chi connectivity index (χ4n) is 1.76. The molecule has 0 bridgehead atoms. The van der Waals surface area contributed by atoms with Gasteiger partial charge in [0.2, 0.25) is 0 Å². The topological polar surface area (TPSA) is 12.9 Å². The summed E-state index contributed by atoms with van der Waals surface area (Å²) in [4.78, 5) is 3.64. The molecule has 1 aromatic heterocycles. The van der Waals surface area contributed by atoms with Crippen molar-refractivity contribution in [1.82, 2.24) is 4.98 Å². The molecule has 118 valence electrons. The first-order valence-corrected chi connectivity index (χ1v) is 8.27. The number of pyridine rings is 1. The van der Waals surface area contributed by atoms with Gasteiger partial charge in [0.15, 0.2) is 0 Å². The van der Waals surface area contributed by atoms with Gasteiger partial charge in [0.05, 0.1) is 30.7 Å². The Morgan fingerprint density at radius 3 is 1.77 bits per heavy atom. The molecular weight excluding hydrogens is 519 g/mol. The van der Waals surface area contributed by atoms with Crippen molar-refractivity contribution in [3.63, 3.8) is 0 Å². The zero-order chi connectivity index (χ0) is 16.8. The van der Waals surface area contributed by atoms with Crippen LogP contribution in [-0.4, -0.2) is 4.98 Å². The van der Waals surface area contributed by atoms with Gasteiger partial charge in [0.25, 0.3) is 0 Å². The summed E-state index contributed by atoms with van der Waals surface area (Å²) >= 11 is 31.2. The zero-order valence-corrected chi connectivity index (χ0v) is 15.9. The van der Waals surface area contributed by atoms with Crippen LogP contribution in [0, 0.1) is 3.70 Å². The third-order valence-electron chi connectivity index (χ3n) is 2.67. The van der Waals surface area contributed by atoms with Crippen LogP contribution in [0.4, 0.5) is 13.2 Å². The summed E-state index contributed by atoms with van der Waals surface area (Å²) < 4.78 is 39.7. The van der Waals surface area contributed by atoms with Crippen LogP contribution in [0.1, 0.15) is 5.56 Å². The fraction of sp³-hybridized carbons (Fsp3) is 0.0833. The molecule has 2 aromatic rings. The summed E-state index contributed by atoms with van der Waals surface area (Å²) in [6.07, 6.45) is -3.46. The van der Waals surface area contributed by atoms with E-state index in [2.05, 4.69) is 4.98 Å². The number of halogens is 9. The van der Waals surface area contributed by atoms with Crippen LogP contribution in [0.2, 0.25) is 25.1 Å². The lowest BCUT2D eigenvalue weighted by Gasteiger charge is -2.18. The van der Waals surface area contributed by atoms with E-state index in [1.54, 1.807) is 0 Å². The Morgan fingerprint density at radius 2 is 1.32 bits per heavy atom. The van der Waals surface area contributed by atoms with Crippen LogP contribution in [0.15, 0.2) is 12.3 Å². The molecule has 1 nitrogen and oxygen atoms in total. The average molecular weight is 521 g/mol. The molecule has 0 fully saturated rings. The first-order chi connectivity index (χ1) is 10.1. The van der Waals surface area contributed by atoms with Crippen LogP contribution in [0.3, 0.4) is 0 Å². The van der Waals surface area contributed by atoms with E-state index < -0.39 is 11.7 Å². The first kappa shape index (κ1) is 18.7. The maximum absolute atomic E-state index is 13.3. The number of benzene rings is 1. The molecule has 0 radical (unpaired) electrons. The number of nitrogens with zero attached hydrogens (tertiary/aromatic N) is 1. The minimum absolute atomic E-state index is 0.126. The van der Waals surface area contributed by atoms with Crippen molar-refractivity contribution in [3.05, 3.63) is 46.6 Å². The van der Waals surface area contributed by atoms with Gasteiger partial charge in [0, 0.05) is 17.3 Å². The van der Waals surface area contributed by atoms with Gasteiger partial charge in [-0.15, -0.1) is 0 Å². The SMILES string of the molecule is FC(F)(F)c1c(-c2c(Cl)c(Cl)c(Cl)c(Cl)c2Cl)ccnc1I. The molecule has 0 spiro atoms. The minimum atomic E-state index is -4.66. The lowest BCUT2D eigenvalue weighted by Crippen LogP contribution is -2.11. The van der Waals surface area contributed by atoms with Crippen LogP contribution in [-0.2, 0) is 6.18 Å². The highest BCUT2D eigenvalue weighted by Crippen LogP contribution is 2.50. The van der Waals surface area contributed by atoms with Gasteiger partial charge in [-0.3, -0.25) is 0 Å². The summed E-state index contributed by atoms with van der Waals surface area (Å²) in [5.74, 6) is 0. The Bertz CT molecular complexity index is 734. The standard InChI is InChI=1S/C12H2Cl5F3IN/c13-6-4(7(14)9(16)10(17)8(6)15)3-1-2-22-11(21)5(3)12(18,19)20/h1-2H. The van der Waals surface area contributed by atoms with Gasteiger partial charge in [-0.1, -0.05) is 58.0 Å². The molecule has 2 rings (SSSR count). The van der Waals surface area contributed by atoms with Crippen molar-refractivity contribution in [2.24, 2.45) is 0 Å². The van der Waals surface area contributed by atoms with Crippen molar-refractivity contribution in [3.8, 4) is 11.1 Å². The molecular formula is C12H2Cl5F3IN. The Morgan fingerprint density at radius 1 is 0.864 bits per heavy atom. The molecule has 0 atom stereocenters. The highest BCUT2D eigenvalue weighted by Gasteiger charge is 2.38. The van der Waals surface area contributed by atoms with Crippen LogP contribution >= 0.6 is 80.6 Å². The van der Waals surface area contributed by atoms with E-state index in [4.69, 9.17) is 58.0 Å². The van der Waals surface area contributed by atoms with Gasteiger partial charge in [-0.25, -0.2) is 4.98 Å². The number of alkyl halides is 3. The van der Waals surface area contributed by atoms with Gasteiger partial charge < -0.3 is 0 Å². The summed E-state index contributed by atoms with van der Waals surface area (Å²) in [5, 5.41) is -0.901. The second-order valence-electron chi connectivity index (χ2n) is 3.97. The molecule has 10 heteroatoms. The molecule has 0 N–H and O–H groups in total. The van der Waals surface area contributed by atoms with Gasteiger partial charge in [-0.2, -0.15) is 13.2 Å². The summed E-state index contributed by atoms with van der Waals surface area (Å²) in [7, 11) is 0. The van der Waals surface area contributed by atoms with E-state index in [0.29, 0.717) is 0 Å². The zero-order valence-electron chi connectivity index (χ0n) is 10.0. The summed E-state index contributed by atoms with van der Waals surface area (Å²) in [6, 6.07) is 1.14. The second kappa shape index (κ2) is 6.69. The predicted molar refractivity (Wildman–Crippen MR) is 92.4 cm³/mol. The first-order valence-electron chi connectivity index (χ1n) is 5.30. The second-order valence-corrected chi connectivity index (χ2v) is 6.88. The number of hydrogen-bond donors (Lipinski definition) is 0. The molecule has 22 heavy (non-hydrogen) atoms. The summed E-state index contributed by atoms with van der Waals surface area (Å²) in [6.45, 7) is 0. The number of aromatic nitrogens is 1. The predicted octanol–water partition coefficient (Wildman–Crippen LogP) is 7.64. The van der Waals surface area contributed by atoms with Gasteiger partial charge in [0.1, 0.15) is 3.70 Å². The van der Waals surface area contributed by atoms with Crippen LogP contribution in [0.5, 0.6) is 0 Å². The van der Waals surface area contributed by atoms with Crippen molar-refractivity contribution in [2.45, 2.75) is 6.18 Å². The van der Waals surface area contributed by atoms with Crippen LogP contribution < -0.4 is 0 Å². The third kappa shape index (κ3) is 3.26. The quantitative estimate of drug-likeness (QED) is 0.163. The molecule has 0 aliphatic carbocycles. The molecule has 0 saturated carbocycles. The summed E-state index contributed by atoms with van der Waals surface area (Å²) in [5.41, 5.74) is -1.40. The third-order valence-corrected chi connectivity index (χ3v) is 5.76. The molecule has 0 saturated heterocycles. The molecule has 1 aromatic carbocycles. The van der Waals surface area contributed by atoms with Gasteiger partial charge >= 0.3 is 6.18 Å². The van der Waals surface area contributed by atoms with E-state index in [1.807, 2.05) is 0 Å². The van der Waals surface area contributed by atoms with Crippen molar-refractivity contribution in [2.75, 3.05) is 0 Å². The Labute approximate surface area is 161 Å². The number of rotatable bonds is 1.